The molecule has 1 aromatic rings. The van der Waals surface area contributed by atoms with Crippen LogP contribution >= 0.6 is 11.6 Å². The van der Waals surface area contributed by atoms with E-state index in [4.69, 9.17) is 22.1 Å². The maximum atomic E-state index is 9.96. The van der Waals surface area contributed by atoms with E-state index in [1.807, 2.05) is 0 Å². The summed E-state index contributed by atoms with van der Waals surface area (Å²) >= 11 is 5.96. The zero-order chi connectivity index (χ0) is 13.0. The van der Waals surface area contributed by atoms with Crippen LogP contribution in [-0.4, -0.2) is 18.3 Å². The van der Waals surface area contributed by atoms with Gasteiger partial charge in [-0.2, -0.15) is 0 Å². The van der Waals surface area contributed by atoms with E-state index < -0.39 is 0 Å². The van der Waals surface area contributed by atoms with Crippen molar-refractivity contribution in [2.45, 2.75) is 32.7 Å². The van der Waals surface area contributed by atoms with Crippen molar-refractivity contribution in [3.05, 3.63) is 22.7 Å². The highest BCUT2D eigenvalue weighted by Gasteiger charge is 2.14. The van der Waals surface area contributed by atoms with Gasteiger partial charge in [0.15, 0.2) is 11.5 Å². The first-order valence-corrected chi connectivity index (χ1v) is 6.12. The summed E-state index contributed by atoms with van der Waals surface area (Å²) in [6, 6.07) is 3.34. The second-order valence-corrected chi connectivity index (χ2v) is 5.15. The van der Waals surface area contributed by atoms with Gasteiger partial charge >= 0.3 is 0 Å². The van der Waals surface area contributed by atoms with Crippen LogP contribution in [0.2, 0.25) is 5.02 Å². The first-order valence-electron chi connectivity index (χ1n) is 5.75. The highest BCUT2D eigenvalue weighted by molar-refractivity contribution is 6.30. The van der Waals surface area contributed by atoms with Gasteiger partial charge in [-0.25, -0.2) is 0 Å². The smallest absolute Gasteiger partial charge is 0.162 e. The van der Waals surface area contributed by atoms with E-state index in [1.165, 1.54) is 7.11 Å². The summed E-state index contributed by atoms with van der Waals surface area (Å²) in [5, 5.41) is 10.5. The third kappa shape index (κ3) is 4.10. The van der Waals surface area contributed by atoms with Crippen molar-refractivity contribution in [1.82, 2.24) is 0 Å². The molecule has 0 aliphatic rings. The maximum absolute atomic E-state index is 9.96. The monoisotopic (exact) mass is 257 g/mol. The molecule has 17 heavy (non-hydrogen) atoms. The zero-order valence-electron chi connectivity index (χ0n) is 10.5. The highest BCUT2D eigenvalue weighted by atomic mass is 35.5. The summed E-state index contributed by atoms with van der Waals surface area (Å²) in [7, 11) is 1.50. The number of benzene rings is 1. The SMILES string of the molecule is COc1cc(Cl)cc(CC(N)CC(C)C)c1O. The summed E-state index contributed by atoms with van der Waals surface area (Å²) in [6.45, 7) is 4.25. The lowest BCUT2D eigenvalue weighted by Gasteiger charge is -2.16. The van der Waals surface area contributed by atoms with Crippen LogP contribution in [-0.2, 0) is 6.42 Å². The second kappa shape index (κ2) is 6.12. The number of methoxy groups -OCH3 is 1. The Kier molecular flexibility index (Phi) is 5.09. The van der Waals surface area contributed by atoms with Crippen LogP contribution in [0.25, 0.3) is 0 Å². The van der Waals surface area contributed by atoms with Gasteiger partial charge in [-0.15, -0.1) is 0 Å². The minimum atomic E-state index is 0.0177. The number of ether oxygens (including phenoxy) is 1. The number of hydrogen-bond donors (Lipinski definition) is 2. The first-order chi connectivity index (χ1) is 7.93. The van der Waals surface area contributed by atoms with Gasteiger partial charge in [0, 0.05) is 22.7 Å². The zero-order valence-corrected chi connectivity index (χ0v) is 11.3. The van der Waals surface area contributed by atoms with E-state index in [9.17, 15) is 5.11 Å². The van der Waals surface area contributed by atoms with Crippen LogP contribution in [0.5, 0.6) is 11.5 Å². The van der Waals surface area contributed by atoms with Crippen molar-refractivity contribution in [3.63, 3.8) is 0 Å². The molecular formula is C13H20ClNO2. The molecule has 0 aromatic heterocycles. The minimum Gasteiger partial charge on any atom is -0.504 e. The molecule has 0 saturated heterocycles. The molecule has 3 nitrogen and oxygen atoms in total. The van der Waals surface area contributed by atoms with Gasteiger partial charge in [0.25, 0.3) is 0 Å². The van der Waals surface area contributed by atoms with Gasteiger partial charge in [-0.3, -0.25) is 0 Å². The molecule has 0 aliphatic carbocycles. The average molecular weight is 258 g/mol. The predicted octanol–water partition coefficient (Wildman–Crippen LogP) is 2.97. The van der Waals surface area contributed by atoms with Crippen molar-refractivity contribution in [2.24, 2.45) is 11.7 Å². The Labute approximate surface area is 108 Å². The molecule has 1 aromatic carbocycles. The molecule has 0 aliphatic heterocycles. The number of halogens is 1. The minimum absolute atomic E-state index is 0.0177. The number of hydrogen-bond acceptors (Lipinski definition) is 3. The molecule has 0 heterocycles. The third-order valence-corrected chi connectivity index (χ3v) is 2.81. The molecule has 0 amide bonds. The lowest BCUT2D eigenvalue weighted by atomic mass is 9.97. The molecule has 0 fully saturated rings. The second-order valence-electron chi connectivity index (χ2n) is 4.71. The Morgan fingerprint density at radius 2 is 2.06 bits per heavy atom. The molecule has 0 bridgehead atoms. The van der Waals surface area contributed by atoms with Gasteiger partial charge in [0.05, 0.1) is 7.11 Å². The number of nitrogens with two attached hydrogens (primary N) is 1. The molecule has 4 heteroatoms. The molecular weight excluding hydrogens is 238 g/mol. The number of phenolic OH excluding ortho intramolecular Hbond substituents is 1. The van der Waals surface area contributed by atoms with E-state index in [1.54, 1.807) is 12.1 Å². The fourth-order valence-electron chi connectivity index (χ4n) is 1.91. The lowest BCUT2D eigenvalue weighted by Crippen LogP contribution is -2.24. The van der Waals surface area contributed by atoms with Crippen LogP contribution < -0.4 is 10.5 Å². The van der Waals surface area contributed by atoms with Crippen molar-refractivity contribution in [2.75, 3.05) is 7.11 Å². The quantitative estimate of drug-likeness (QED) is 0.853. The molecule has 3 N–H and O–H groups in total. The molecule has 0 radical (unpaired) electrons. The Hall–Kier alpha value is -0.930. The average Bonchev–Trinajstić information content (AvgIpc) is 2.21. The van der Waals surface area contributed by atoms with Crippen LogP contribution in [0.4, 0.5) is 0 Å². The number of aromatic hydroxyl groups is 1. The Morgan fingerprint density at radius 3 is 2.59 bits per heavy atom. The van der Waals surface area contributed by atoms with Gasteiger partial charge in [-0.1, -0.05) is 25.4 Å². The number of rotatable bonds is 5. The summed E-state index contributed by atoms with van der Waals surface area (Å²) in [5.41, 5.74) is 6.76. The summed E-state index contributed by atoms with van der Waals surface area (Å²) in [6.07, 6.45) is 1.51. The largest absolute Gasteiger partial charge is 0.504 e. The van der Waals surface area contributed by atoms with Crippen molar-refractivity contribution < 1.29 is 9.84 Å². The predicted molar refractivity (Wildman–Crippen MR) is 70.8 cm³/mol. The topological polar surface area (TPSA) is 55.5 Å². The molecule has 0 saturated carbocycles. The Morgan fingerprint density at radius 1 is 1.41 bits per heavy atom. The normalized spacial score (nSPS) is 12.8. The van der Waals surface area contributed by atoms with Crippen LogP contribution in [0, 0.1) is 5.92 Å². The van der Waals surface area contributed by atoms with E-state index in [-0.39, 0.29) is 11.8 Å². The molecule has 1 atom stereocenters. The Bertz CT molecular complexity index is 380. The molecule has 1 rings (SSSR count). The summed E-state index contributed by atoms with van der Waals surface area (Å²) < 4.78 is 5.05. The van der Waals surface area contributed by atoms with Gasteiger partial charge in [-0.05, 0) is 24.8 Å². The van der Waals surface area contributed by atoms with Crippen LogP contribution in [0.15, 0.2) is 12.1 Å². The van der Waals surface area contributed by atoms with Gasteiger partial charge < -0.3 is 15.6 Å². The van der Waals surface area contributed by atoms with Gasteiger partial charge in [0.2, 0.25) is 0 Å². The lowest BCUT2D eigenvalue weighted by molar-refractivity contribution is 0.369. The third-order valence-electron chi connectivity index (χ3n) is 2.59. The van der Waals surface area contributed by atoms with Crippen molar-refractivity contribution in [3.8, 4) is 11.5 Å². The molecule has 1 unspecified atom stereocenters. The Balaban J connectivity index is 2.86. The van der Waals surface area contributed by atoms with Crippen molar-refractivity contribution in [1.29, 1.82) is 0 Å². The first kappa shape index (κ1) is 14.1. The van der Waals surface area contributed by atoms with Gasteiger partial charge in [0.1, 0.15) is 0 Å². The van der Waals surface area contributed by atoms with E-state index in [2.05, 4.69) is 13.8 Å². The highest BCUT2D eigenvalue weighted by Crippen LogP contribution is 2.34. The maximum Gasteiger partial charge on any atom is 0.162 e. The van der Waals surface area contributed by atoms with E-state index in [0.717, 1.165) is 12.0 Å². The van der Waals surface area contributed by atoms with E-state index >= 15 is 0 Å². The van der Waals surface area contributed by atoms with E-state index in [0.29, 0.717) is 23.1 Å². The van der Waals surface area contributed by atoms with Crippen LogP contribution in [0.1, 0.15) is 25.8 Å². The number of phenols is 1. The summed E-state index contributed by atoms with van der Waals surface area (Å²) in [5.74, 6) is 1.06. The molecule has 96 valence electrons. The summed E-state index contributed by atoms with van der Waals surface area (Å²) in [4.78, 5) is 0. The fourth-order valence-corrected chi connectivity index (χ4v) is 2.14. The fraction of sp³-hybridized carbons (Fsp3) is 0.538. The van der Waals surface area contributed by atoms with Crippen LogP contribution in [0.3, 0.4) is 0 Å². The van der Waals surface area contributed by atoms with Crippen molar-refractivity contribution >= 4 is 11.6 Å². The molecule has 0 spiro atoms. The standard InChI is InChI=1S/C13H20ClNO2/c1-8(2)4-11(15)6-9-5-10(14)7-12(17-3)13(9)16/h5,7-8,11,16H,4,6,15H2,1-3H3.